The zero-order chi connectivity index (χ0) is 17.9. The van der Waals surface area contributed by atoms with Crippen LogP contribution in [0.4, 0.5) is 10.3 Å². The smallest absolute Gasteiger partial charge is 0.222 e. The van der Waals surface area contributed by atoms with Gasteiger partial charge >= 0.3 is 0 Å². The predicted molar refractivity (Wildman–Crippen MR) is 102 cm³/mol. The molecule has 3 aromatic rings. The lowest BCUT2D eigenvalue weighted by Crippen LogP contribution is -2.29. The summed E-state index contributed by atoms with van der Waals surface area (Å²) in [4.78, 5) is 8.89. The zero-order valence-corrected chi connectivity index (χ0v) is 14.7. The van der Waals surface area contributed by atoms with Crippen molar-refractivity contribution in [2.75, 3.05) is 25.5 Å². The van der Waals surface area contributed by atoms with Gasteiger partial charge in [-0.05, 0) is 55.8 Å². The Bertz CT molecular complexity index is 881. The van der Waals surface area contributed by atoms with Gasteiger partial charge in [0.15, 0.2) is 0 Å². The molecule has 134 valence electrons. The average molecular weight is 351 g/mol. The van der Waals surface area contributed by atoms with Crippen LogP contribution in [0.1, 0.15) is 18.9 Å². The first-order valence-corrected chi connectivity index (χ1v) is 8.95. The lowest BCUT2D eigenvalue weighted by molar-refractivity contribution is 0.371. The number of piperidine rings is 1. The maximum absolute atomic E-state index is 13.4. The van der Waals surface area contributed by atoms with E-state index in [1.54, 1.807) is 6.20 Å². The summed E-state index contributed by atoms with van der Waals surface area (Å²) in [6.07, 6.45) is 6.05. The molecule has 0 amide bonds. The van der Waals surface area contributed by atoms with Gasteiger partial charge in [0.2, 0.25) is 5.95 Å². The van der Waals surface area contributed by atoms with Gasteiger partial charge in [0, 0.05) is 31.0 Å². The minimum atomic E-state index is -0.229. The van der Waals surface area contributed by atoms with Crippen LogP contribution in [0, 0.1) is 5.82 Å². The molecule has 0 saturated carbocycles. The molecule has 2 aromatic heterocycles. The Balaban J connectivity index is 1.86. The molecule has 1 fully saturated rings. The van der Waals surface area contributed by atoms with Crippen molar-refractivity contribution >= 4 is 5.95 Å². The monoisotopic (exact) mass is 351 g/mol. The van der Waals surface area contributed by atoms with Crippen molar-refractivity contribution in [2.45, 2.75) is 18.9 Å². The third-order valence-electron chi connectivity index (χ3n) is 4.89. The van der Waals surface area contributed by atoms with Gasteiger partial charge in [0.05, 0.1) is 11.4 Å². The van der Waals surface area contributed by atoms with E-state index in [-0.39, 0.29) is 5.82 Å². The largest absolute Gasteiger partial charge is 0.357 e. The SMILES string of the molecule is CNc1nccc(-c2c(-c3ccc(F)cc3)ccn2C2CCNCC2)n1. The number of hydrogen-bond acceptors (Lipinski definition) is 4. The molecule has 0 unspecified atom stereocenters. The molecule has 4 rings (SSSR count). The molecule has 0 spiro atoms. The van der Waals surface area contributed by atoms with Crippen LogP contribution in [0.3, 0.4) is 0 Å². The molecule has 0 radical (unpaired) electrons. The van der Waals surface area contributed by atoms with Gasteiger partial charge < -0.3 is 15.2 Å². The Morgan fingerprint density at radius 1 is 1.12 bits per heavy atom. The number of hydrogen-bond donors (Lipinski definition) is 2. The van der Waals surface area contributed by atoms with Crippen LogP contribution in [0.15, 0.2) is 48.8 Å². The number of aromatic nitrogens is 3. The number of rotatable bonds is 4. The van der Waals surface area contributed by atoms with Crippen LogP contribution in [0.2, 0.25) is 0 Å². The number of anilines is 1. The molecule has 6 heteroatoms. The molecule has 0 bridgehead atoms. The molecular formula is C20H22FN5. The van der Waals surface area contributed by atoms with Crippen molar-refractivity contribution < 1.29 is 4.39 Å². The van der Waals surface area contributed by atoms with E-state index in [9.17, 15) is 4.39 Å². The summed E-state index contributed by atoms with van der Waals surface area (Å²) in [6, 6.07) is 11.1. The number of benzene rings is 1. The van der Waals surface area contributed by atoms with E-state index in [0.717, 1.165) is 48.4 Å². The number of halogens is 1. The topological polar surface area (TPSA) is 54.8 Å². The molecular weight excluding hydrogens is 329 g/mol. The maximum Gasteiger partial charge on any atom is 0.222 e. The predicted octanol–water partition coefficient (Wildman–Crippen LogP) is 3.72. The molecule has 0 aliphatic carbocycles. The third kappa shape index (κ3) is 3.20. The zero-order valence-electron chi connectivity index (χ0n) is 14.7. The van der Waals surface area contributed by atoms with Crippen LogP contribution in [-0.4, -0.2) is 34.7 Å². The van der Waals surface area contributed by atoms with Crippen molar-refractivity contribution in [3.8, 4) is 22.5 Å². The fraction of sp³-hybridized carbons (Fsp3) is 0.300. The van der Waals surface area contributed by atoms with Gasteiger partial charge in [-0.25, -0.2) is 14.4 Å². The van der Waals surface area contributed by atoms with Gasteiger partial charge in [-0.1, -0.05) is 12.1 Å². The van der Waals surface area contributed by atoms with Crippen molar-refractivity contribution in [3.63, 3.8) is 0 Å². The Morgan fingerprint density at radius 3 is 2.62 bits per heavy atom. The Kier molecular flexibility index (Phi) is 4.67. The second-order valence-corrected chi connectivity index (χ2v) is 6.49. The Hall–Kier alpha value is -2.73. The van der Waals surface area contributed by atoms with Crippen LogP contribution in [-0.2, 0) is 0 Å². The van der Waals surface area contributed by atoms with Gasteiger partial charge in [-0.3, -0.25) is 0 Å². The highest BCUT2D eigenvalue weighted by molar-refractivity contribution is 5.80. The van der Waals surface area contributed by atoms with Crippen LogP contribution in [0.5, 0.6) is 0 Å². The van der Waals surface area contributed by atoms with Crippen LogP contribution in [0.25, 0.3) is 22.5 Å². The highest BCUT2D eigenvalue weighted by atomic mass is 19.1. The molecule has 5 nitrogen and oxygen atoms in total. The second kappa shape index (κ2) is 7.25. The summed E-state index contributed by atoms with van der Waals surface area (Å²) in [5.41, 5.74) is 3.97. The summed E-state index contributed by atoms with van der Waals surface area (Å²) in [5, 5.41) is 6.42. The van der Waals surface area contributed by atoms with Crippen molar-refractivity contribution in [3.05, 3.63) is 54.6 Å². The summed E-state index contributed by atoms with van der Waals surface area (Å²) in [5.74, 6) is 0.359. The highest BCUT2D eigenvalue weighted by Gasteiger charge is 2.22. The van der Waals surface area contributed by atoms with Gasteiger partial charge in [-0.2, -0.15) is 0 Å². The highest BCUT2D eigenvalue weighted by Crippen LogP contribution is 2.36. The molecule has 1 aromatic carbocycles. The molecule has 2 N–H and O–H groups in total. The molecule has 1 aliphatic heterocycles. The molecule has 1 aliphatic rings. The van der Waals surface area contributed by atoms with E-state index in [0.29, 0.717) is 12.0 Å². The van der Waals surface area contributed by atoms with E-state index in [2.05, 4.69) is 37.4 Å². The summed E-state index contributed by atoms with van der Waals surface area (Å²) >= 11 is 0. The van der Waals surface area contributed by atoms with E-state index in [1.807, 2.05) is 25.2 Å². The first-order chi connectivity index (χ1) is 12.8. The first kappa shape index (κ1) is 16.7. The lowest BCUT2D eigenvalue weighted by Gasteiger charge is -2.26. The maximum atomic E-state index is 13.4. The number of nitrogens with zero attached hydrogens (tertiary/aromatic N) is 3. The summed E-state index contributed by atoms with van der Waals surface area (Å²) in [7, 11) is 1.81. The standard InChI is InChI=1S/C20H22FN5/c1-22-20-24-12-8-18(25-20)19-17(14-2-4-15(21)5-3-14)9-13-26(19)16-6-10-23-11-7-16/h2-5,8-9,12-13,16,23H,6-7,10-11H2,1H3,(H,22,24,25). The minimum Gasteiger partial charge on any atom is -0.357 e. The quantitative estimate of drug-likeness (QED) is 0.752. The molecule has 3 heterocycles. The van der Waals surface area contributed by atoms with E-state index >= 15 is 0 Å². The third-order valence-corrected chi connectivity index (χ3v) is 4.89. The van der Waals surface area contributed by atoms with E-state index < -0.39 is 0 Å². The van der Waals surface area contributed by atoms with Crippen molar-refractivity contribution in [1.82, 2.24) is 19.9 Å². The molecule has 1 saturated heterocycles. The fourth-order valence-corrected chi connectivity index (χ4v) is 3.58. The first-order valence-electron chi connectivity index (χ1n) is 8.95. The Labute approximate surface area is 152 Å². The Morgan fingerprint density at radius 2 is 1.88 bits per heavy atom. The van der Waals surface area contributed by atoms with Gasteiger partial charge in [0.1, 0.15) is 5.82 Å². The van der Waals surface area contributed by atoms with E-state index in [1.165, 1.54) is 12.1 Å². The average Bonchev–Trinajstić information content (AvgIpc) is 3.14. The van der Waals surface area contributed by atoms with Crippen LogP contribution < -0.4 is 10.6 Å². The molecule has 0 atom stereocenters. The van der Waals surface area contributed by atoms with Gasteiger partial charge in [0.25, 0.3) is 0 Å². The van der Waals surface area contributed by atoms with Crippen molar-refractivity contribution in [1.29, 1.82) is 0 Å². The second-order valence-electron chi connectivity index (χ2n) is 6.49. The number of nitrogens with one attached hydrogen (secondary N) is 2. The van der Waals surface area contributed by atoms with Crippen molar-refractivity contribution in [2.24, 2.45) is 0 Å². The summed E-state index contributed by atoms with van der Waals surface area (Å²) < 4.78 is 15.7. The van der Waals surface area contributed by atoms with E-state index in [4.69, 9.17) is 0 Å². The minimum absolute atomic E-state index is 0.229. The molecule has 26 heavy (non-hydrogen) atoms. The van der Waals surface area contributed by atoms with Gasteiger partial charge in [-0.15, -0.1) is 0 Å². The normalized spacial score (nSPS) is 15.2. The lowest BCUT2D eigenvalue weighted by atomic mass is 10.0. The fourth-order valence-electron chi connectivity index (χ4n) is 3.58. The van der Waals surface area contributed by atoms with Crippen LogP contribution >= 0.6 is 0 Å². The summed E-state index contributed by atoms with van der Waals surface area (Å²) in [6.45, 7) is 2.03.